The van der Waals surface area contributed by atoms with Crippen LogP contribution in [0.4, 0.5) is 0 Å². The summed E-state index contributed by atoms with van der Waals surface area (Å²) in [6.45, 7) is 6.46. The molecule has 0 aliphatic carbocycles. The maximum Gasteiger partial charge on any atom is 0.122 e. The number of hydrogen-bond donors (Lipinski definition) is 0. The van der Waals surface area contributed by atoms with Crippen molar-refractivity contribution in [2.24, 2.45) is 5.92 Å². The van der Waals surface area contributed by atoms with Gasteiger partial charge in [-0.3, -0.25) is 0 Å². The van der Waals surface area contributed by atoms with Crippen molar-refractivity contribution >= 4 is 12.6 Å². The lowest BCUT2D eigenvalue weighted by Crippen LogP contribution is -1.94. The highest BCUT2D eigenvalue weighted by molar-refractivity contribution is 5.52. The van der Waals surface area contributed by atoms with E-state index in [1.54, 1.807) is 0 Å². The van der Waals surface area contributed by atoms with Crippen LogP contribution >= 0.6 is 0 Å². The minimum atomic E-state index is 0.274. The number of carbonyl (C=O) groups is 2. The van der Waals surface area contributed by atoms with E-state index in [-0.39, 0.29) is 5.92 Å². The Morgan fingerprint density at radius 1 is 0.652 bits per heavy atom. The van der Waals surface area contributed by atoms with Gasteiger partial charge in [0.2, 0.25) is 0 Å². The largest absolute Gasteiger partial charge is 0.303 e. The molecule has 1 atom stereocenters. The molecule has 0 aromatic rings. The van der Waals surface area contributed by atoms with Gasteiger partial charge in [-0.1, -0.05) is 97.8 Å². The Labute approximate surface area is 145 Å². The van der Waals surface area contributed by atoms with E-state index < -0.39 is 0 Å². The van der Waals surface area contributed by atoms with Crippen molar-refractivity contribution in [3.8, 4) is 0 Å². The Morgan fingerprint density at radius 2 is 1.09 bits per heavy atom. The molecule has 0 fully saturated rings. The summed E-state index contributed by atoms with van der Waals surface area (Å²) in [4.78, 5) is 20.2. The average molecular weight is 327 g/mol. The molecule has 0 N–H and O–H groups in total. The molecule has 0 saturated heterocycles. The molecule has 1 unspecified atom stereocenters. The monoisotopic (exact) mass is 326 g/mol. The quantitative estimate of drug-likeness (QED) is 0.228. The molecule has 0 aliphatic rings. The van der Waals surface area contributed by atoms with Gasteiger partial charge in [0.25, 0.3) is 0 Å². The average Bonchev–Trinajstić information content (AvgIpc) is 2.57. The lowest BCUT2D eigenvalue weighted by atomic mass is 10.0. The molecule has 0 aliphatic heterocycles. The topological polar surface area (TPSA) is 34.1 Å². The van der Waals surface area contributed by atoms with Gasteiger partial charge in [0.05, 0.1) is 0 Å². The maximum absolute atomic E-state index is 10.3. The molecule has 138 valence electrons. The molecule has 23 heavy (non-hydrogen) atoms. The highest BCUT2D eigenvalue weighted by atomic mass is 16.1. The molecule has 0 amide bonds. The van der Waals surface area contributed by atoms with E-state index in [4.69, 9.17) is 0 Å². The summed E-state index contributed by atoms with van der Waals surface area (Å²) in [5.41, 5.74) is 0. The second-order valence-corrected chi connectivity index (χ2v) is 6.75. The Hall–Kier alpha value is -0.660. The minimum Gasteiger partial charge on any atom is -0.303 e. The zero-order chi connectivity index (χ0) is 17.6. The molecule has 0 heterocycles. The van der Waals surface area contributed by atoms with Crippen LogP contribution in [0.25, 0.3) is 0 Å². The molecular formula is C21H42O2. The van der Waals surface area contributed by atoms with E-state index in [0.29, 0.717) is 0 Å². The van der Waals surface area contributed by atoms with Crippen molar-refractivity contribution in [3.63, 3.8) is 0 Å². The van der Waals surface area contributed by atoms with Crippen molar-refractivity contribution in [2.75, 3.05) is 0 Å². The van der Waals surface area contributed by atoms with Crippen molar-refractivity contribution < 1.29 is 9.59 Å². The van der Waals surface area contributed by atoms with Gasteiger partial charge in [-0.05, 0) is 12.8 Å². The summed E-state index contributed by atoms with van der Waals surface area (Å²) < 4.78 is 0. The Morgan fingerprint density at radius 3 is 1.52 bits per heavy atom. The number of rotatable bonds is 16. The zero-order valence-electron chi connectivity index (χ0n) is 16.2. The normalized spacial score (nSPS) is 11.4. The van der Waals surface area contributed by atoms with Crippen molar-refractivity contribution in [2.45, 2.75) is 117 Å². The molecule has 0 bridgehead atoms. The summed E-state index contributed by atoms with van der Waals surface area (Å²) in [7, 11) is 0. The number of unbranched alkanes of at least 4 members (excludes halogenated alkanes) is 12. The predicted molar refractivity (Wildman–Crippen MR) is 102 cm³/mol. The summed E-state index contributed by atoms with van der Waals surface area (Å²) in [6.07, 6.45) is 20.9. The minimum absolute atomic E-state index is 0.274. The third kappa shape index (κ3) is 26.5. The molecule has 2 nitrogen and oxygen atoms in total. The third-order valence-electron chi connectivity index (χ3n) is 4.17. The number of carbonyl (C=O) groups excluding carboxylic acids is 2. The highest BCUT2D eigenvalue weighted by Gasteiger charge is 1.98. The van der Waals surface area contributed by atoms with Crippen LogP contribution in [-0.2, 0) is 9.59 Å². The van der Waals surface area contributed by atoms with E-state index in [9.17, 15) is 9.59 Å². The molecule has 0 rings (SSSR count). The van der Waals surface area contributed by atoms with Gasteiger partial charge >= 0.3 is 0 Å². The standard InChI is InChI=1S/C11H22O.C10H20O/c1-3-4-5-6-7-8-9-11(2)10-12;1-2-3-4-5-6-7-8-9-10-11/h10-11H,3-9H2,1-2H3;10H,2-9H2,1H3. The molecular weight excluding hydrogens is 284 g/mol. The Balaban J connectivity index is 0. The predicted octanol–water partition coefficient (Wildman–Crippen LogP) is 6.90. The lowest BCUT2D eigenvalue weighted by Gasteiger charge is -2.02. The van der Waals surface area contributed by atoms with Crippen LogP contribution in [-0.4, -0.2) is 12.6 Å². The van der Waals surface area contributed by atoms with Crippen LogP contribution in [0.5, 0.6) is 0 Å². The molecule has 0 saturated carbocycles. The fourth-order valence-corrected chi connectivity index (χ4v) is 2.50. The van der Waals surface area contributed by atoms with Gasteiger partial charge in [0.15, 0.2) is 0 Å². The molecule has 0 aromatic heterocycles. The van der Waals surface area contributed by atoms with E-state index in [0.717, 1.165) is 31.8 Å². The van der Waals surface area contributed by atoms with Crippen molar-refractivity contribution in [3.05, 3.63) is 0 Å². The lowest BCUT2D eigenvalue weighted by molar-refractivity contribution is -0.111. The summed E-state index contributed by atoms with van der Waals surface area (Å²) >= 11 is 0. The third-order valence-corrected chi connectivity index (χ3v) is 4.17. The van der Waals surface area contributed by atoms with Gasteiger partial charge in [0, 0.05) is 12.3 Å². The van der Waals surface area contributed by atoms with Gasteiger partial charge in [-0.15, -0.1) is 0 Å². The maximum atomic E-state index is 10.3. The van der Waals surface area contributed by atoms with E-state index in [1.165, 1.54) is 77.0 Å². The summed E-state index contributed by atoms with van der Waals surface area (Å²) in [5, 5.41) is 0. The van der Waals surface area contributed by atoms with Crippen molar-refractivity contribution in [1.29, 1.82) is 0 Å². The first-order valence-corrected chi connectivity index (χ1v) is 10.1. The first-order chi connectivity index (χ1) is 11.2. The van der Waals surface area contributed by atoms with Gasteiger partial charge in [0.1, 0.15) is 12.6 Å². The van der Waals surface area contributed by atoms with Gasteiger partial charge in [-0.25, -0.2) is 0 Å². The summed E-state index contributed by atoms with van der Waals surface area (Å²) in [5.74, 6) is 0.274. The number of aldehydes is 2. The van der Waals surface area contributed by atoms with E-state index in [1.807, 2.05) is 6.92 Å². The second-order valence-electron chi connectivity index (χ2n) is 6.75. The highest BCUT2D eigenvalue weighted by Crippen LogP contribution is 2.10. The van der Waals surface area contributed by atoms with Crippen LogP contribution in [0, 0.1) is 5.92 Å². The van der Waals surface area contributed by atoms with E-state index in [2.05, 4.69) is 13.8 Å². The zero-order valence-corrected chi connectivity index (χ0v) is 16.2. The van der Waals surface area contributed by atoms with Crippen LogP contribution in [0.3, 0.4) is 0 Å². The number of hydrogen-bond acceptors (Lipinski definition) is 2. The molecule has 0 radical (unpaired) electrons. The Kier molecular flexibility index (Phi) is 25.2. The molecule has 0 spiro atoms. The smallest absolute Gasteiger partial charge is 0.122 e. The SMILES string of the molecule is CCCCCCCCC(C)C=O.CCCCCCCCCC=O. The fourth-order valence-electron chi connectivity index (χ4n) is 2.50. The van der Waals surface area contributed by atoms with Crippen LogP contribution < -0.4 is 0 Å². The van der Waals surface area contributed by atoms with Crippen LogP contribution in [0.1, 0.15) is 117 Å². The molecule has 2 heteroatoms. The van der Waals surface area contributed by atoms with E-state index >= 15 is 0 Å². The van der Waals surface area contributed by atoms with Gasteiger partial charge in [-0.2, -0.15) is 0 Å². The first kappa shape index (κ1) is 24.6. The van der Waals surface area contributed by atoms with Crippen LogP contribution in [0.15, 0.2) is 0 Å². The summed E-state index contributed by atoms with van der Waals surface area (Å²) in [6, 6.07) is 0. The van der Waals surface area contributed by atoms with Crippen LogP contribution in [0.2, 0.25) is 0 Å². The van der Waals surface area contributed by atoms with Crippen molar-refractivity contribution in [1.82, 2.24) is 0 Å². The molecule has 0 aromatic carbocycles. The Bertz CT molecular complexity index is 226. The first-order valence-electron chi connectivity index (χ1n) is 10.1. The van der Waals surface area contributed by atoms with Gasteiger partial charge < -0.3 is 9.59 Å². The second kappa shape index (κ2) is 23.6. The fraction of sp³-hybridized carbons (Fsp3) is 0.905.